The lowest BCUT2D eigenvalue weighted by molar-refractivity contribution is -0.127. The number of carbonyl (C=O) groups excluding carboxylic acids is 3. The summed E-state index contributed by atoms with van der Waals surface area (Å²) in [6.07, 6.45) is 0. The van der Waals surface area contributed by atoms with Gasteiger partial charge in [0.15, 0.2) is 0 Å². The van der Waals surface area contributed by atoms with Crippen LogP contribution in [-0.4, -0.2) is 29.8 Å². The van der Waals surface area contributed by atoms with E-state index >= 15 is 0 Å². The van der Waals surface area contributed by atoms with E-state index < -0.39 is 11.6 Å². The second-order valence-electron chi connectivity index (χ2n) is 9.20. The highest BCUT2D eigenvalue weighted by atomic mass is 32.1. The van der Waals surface area contributed by atoms with Gasteiger partial charge in [0.25, 0.3) is 5.91 Å². The summed E-state index contributed by atoms with van der Waals surface area (Å²) in [5.74, 6) is -0.992. The van der Waals surface area contributed by atoms with Crippen LogP contribution in [0, 0.1) is 13.8 Å². The second-order valence-corrected chi connectivity index (χ2v) is 10.1. The van der Waals surface area contributed by atoms with E-state index in [2.05, 4.69) is 10.6 Å². The molecule has 3 rings (SSSR count). The van der Waals surface area contributed by atoms with E-state index in [0.29, 0.717) is 16.1 Å². The molecule has 1 aromatic heterocycles. The summed E-state index contributed by atoms with van der Waals surface area (Å²) >= 11 is 1.31. The number of hydrogen-bond acceptors (Lipinski definition) is 4. The van der Waals surface area contributed by atoms with E-state index in [4.69, 9.17) is 0 Å². The largest absolute Gasteiger partial charge is 0.349 e. The first kappa shape index (κ1) is 25.2. The molecule has 7 heteroatoms. The van der Waals surface area contributed by atoms with Gasteiger partial charge in [0.1, 0.15) is 6.04 Å². The molecular weight excluding hydrogens is 446 g/mol. The quantitative estimate of drug-likeness (QED) is 0.514. The minimum absolute atomic E-state index is 0.240. The van der Waals surface area contributed by atoms with Crippen LogP contribution in [0.5, 0.6) is 0 Å². The fourth-order valence-electron chi connectivity index (χ4n) is 3.64. The topological polar surface area (TPSA) is 78.5 Å². The van der Waals surface area contributed by atoms with Crippen molar-refractivity contribution in [1.82, 2.24) is 10.6 Å². The Balaban J connectivity index is 2.05. The molecule has 2 N–H and O–H groups in total. The Kier molecular flexibility index (Phi) is 7.89. The molecule has 0 spiro atoms. The maximum atomic E-state index is 13.7. The average Bonchev–Trinajstić information content (AvgIpc) is 3.32. The van der Waals surface area contributed by atoms with Gasteiger partial charge in [-0.25, -0.2) is 0 Å². The fourth-order valence-corrected chi connectivity index (χ4v) is 4.28. The van der Waals surface area contributed by atoms with Gasteiger partial charge >= 0.3 is 0 Å². The van der Waals surface area contributed by atoms with Gasteiger partial charge in [-0.3, -0.25) is 19.3 Å². The monoisotopic (exact) mass is 477 g/mol. The van der Waals surface area contributed by atoms with E-state index in [1.54, 1.807) is 17.5 Å². The Hall–Kier alpha value is -3.45. The third-order valence-corrected chi connectivity index (χ3v) is 6.24. The van der Waals surface area contributed by atoms with Crippen LogP contribution in [0.4, 0.5) is 5.69 Å². The smallest absolute Gasteiger partial charge is 0.261 e. The van der Waals surface area contributed by atoms with Crippen LogP contribution >= 0.6 is 11.3 Å². The van der Waals surface area contributed by atoms with E-state index in [-0.39, 0.29) is 24.3 Å². The highest BCUT2D eigenvalue weighted by Gasteiger charge is 2.35. The lowest BCUT2D eigenvalue weighted by Crippen LogP contribution is -2.51. The van der Waals surface area contributed by atoms with Crippen molar-refractivity contribution in [3.05, 3.63) is 87.6 Å². The summed E-state index contributed by atoms with van der Waals surface area (Å²) in [6, 6.07) is 17.5. The molecule has 0 radical (unpaired) electrons. The first-order valence-corrected chi connectivity index (χ1v) is 12.0. The van der Waals surface area contributed by atoms with Crippen LogP contribution in [0.25, 0.3) is 0 Å². The van der Waals surface area contributed by atoms with Gasteiger partial charge < -0.3 is 10.6 Å². The SMILES string of the molecule is Cc1cccc(N(C(=O)CNC(=O)c2cccs2)C(C(=O)NC(C)(C)C)c2ccccc2)c1C. The molecule has 1 heterocycles. The molecule has 0 aliphatic heterocycles. The average molecular weight is 478 g/mol. The maximum Gasteiger partial charge on any atom is 0.261 e. The number of carbonyl (C=O) groups is 3. The zero-order valence-electron chi connectivity index (χ0n) is 20.2. The van der Waals surface area contributed by atoms with Gasteiger partial charge in [0, 0.05) is 11.2 Å². The Bertz CT molecular complexity index is 1150. The molecule has 0 fully saturated rings. The van der Waals surface area contributed by atoms with Crippen LogP contribution < -0.4 is 15.5 Å². The third-order valence-electron chi connectivity index (χ3n) is 5.37. The molecule has 2 aromatic carbocycles. The summed E-state index contributed by atoms with van der Waals surface area (Å²) in [7, 11) is 0. The summed E-state index contributed by atoms with van der Waals surface area (Å²) in [5.41, 5.74) is 2.72. The molecule has 0 saturated heterocycles. The molecule has 0 saturated carbocycles. The van der Waals surface area contributed by atoms with Crippen LogP contribution in [0.3, 0.4) is 0 Å². The van der Waals surface area contributed by atoms with Crippen molar-refractivity contribution >= 4 is 34.7 Å². The van der Waals surface area contributed by atoms with Gasteiger partial charge in [-0.05, 0) is 68.8 Å². The van der Waals surface area contributed by atoms with Crippen molar-refractivity contribution < 1.29 is 14.4 Å². The standard InChI is InChI=1S/C27H31N3O3S/c1-18-11-9-14-21(19(18)2)30(23(31)17-28-25(32)22-15-10-16-34-22)24(20-12-7-6-8-13-20)26(33)29-27(3,4)5/h6-16,24H,17H2,1-5H3,(H,28,32)(H,29,33). The summed E-state index contributed by atoms with van der Waals surface area (Å²) in [6.45, 7) is 9.36. The minimum Gasteiger partial charge on any atom is -0.349 e. The van der Waals surface area contributed by atoms with Crippen LogP contribution in [0.1, 0.15) is 53.2 Å². The number of nitrogens with zero attached hydrogens (tertiary/aromatic N) is 1. The van der Waals surface area contributed by atoms with Crippen LogP contribution in [0.15, 0.2) is 66.0 Å². The predicted octanol–water partition coefficient (Wildman–Crippen LogP) is 4.78. The number of thiophene rings is 1. The van der Waals surface area contributed by atoms with Gasteiger partial charge in [-0.1, -0.05) is 48.5 Å². The van der Waals surface area contributed by atoms with Crippen LogP contribution in [0.2, 0.25) is 0 Å². The van der Waals surface area contributed by atoms with Crippen LogP contribution in [-0.2, 0) is 9.59 Å². The predicted molar refractivity (Wildman–Crippen MR) is 137 cm³/mol. The summed E-state index contributed by atoms with van der Waals surface area (Å²) in [5, 5.41) is 7.54. The normalized spacial score (nSPS) is 12.0. The molecule has 0 aliphatic carbocycles. The van der Waals surface area contributed by atoms with Crippen molar-refractivity contribution in [2.45, 2.75) is 46.2 Å². The van der Waals surface area contributed by atoms with Gasteiger partial charge in [0.05, 0.1) is 11.4 Å². The Labute approximate surface area is 205 Å². The highest BCUT2D eigenvalue weighted by molar-refractivity contribution is 7.12. The molecule has 3 amide bonds. The molecule has 3 aromatic rings. The zero-order valence-corrected chi connectivity index (χ0v) is 21.0. The molecule has 178 valence electrons. The number of anilines is 1. The van der Waals surface area contributed by atoms with Crippen molar-refractivity contribution in [3.8, 4) is 0 Å². The van der Waals surface area contributed by atoms with Crippen molar-refractivity contribution in [2.75, 3.05) is 11.4 Å². The van der Waals surface area contributed by atoms with Gasteiger partial charge in [-0.15, -0.1) is 11.3 Å². The molecular formula is C27H31N3O3S. The fraction of sp³-hybridized carbons (Fsp3) is 0.296. The number of benzene rings is 2. The van der Waals surface area contributed by atoms with E-state index in [1.165, 1.54) is 16.2 Å². The number of nitrogens with one attached hydrogen (secondary N) is 2. The highest BCUT2D eigenvalue weighted by Crippen LogP contribution is 2.32. The van der Waals surface area contributed by atoms with Crippen molar-refractivity contribution in [1.29, 1.82) is 0 Å². The lowest BCUT2D eigenvalue weighted by Gasteiger charge is -2.35. The summed E-state index contributed by atoms with van der Waals surface area (Å²) < 4.78 is 0. The molecule has 34 heavy (non-hydrogen) atoms. The van der Waals surface area contributed by atoms with Gasteiger partial charge in [0.2, 0.25) is 11.8 Å². The molecule has 1 unspecified atom stereocenters. The number of rotatable bonds is 7. The third kappa shape index (κ3) is 6.11. The van der Waals surface area contributed by atoms with Gasteiger partial charge in [-0.2, -0.15) is 0 Å². The lowest BCUT2D eigenvalue weighted by atomic mass is 9.99. The first-order valence-electron chi connectivity index (χ1n) is 11.2. The Morgan fingerprint density at radius 2 is 1.65 bits per heavy atom. The molecule has 1 atom stereocenters. The van der Waals surface area contributed by atoms with Crippen molar-refractivity contribution in [2.24, 2.45) is 0 Å². The maximum absolute atomic E-state index is 13.7. The second kappa shape index (κ2) is 10.7. The molecule has 0 bridgehead atoms. The van der Waals surface area contributed by atoms with E-state index in [1.807, 2.05) is 83.1 Å². The van der Waals surface area contributed by atoms with E-state index in [9.17, 15) is 14.4 Å². The first-order chi connectivity index (χ1) is 16.1. The Morgan fingerprint density at radius 3 is 2.26 bits per heavy atom. The summed E-state index contributed by atoms with van der Waals surface area (Å²) in [4.78, 5) is 41.8. The molecule has 6 nitrogen and oxygen atoms in total. The zero-order chi connectivity index (χ0) is 24.9. The Morgan fingerprint density at radius 1 is 0.941 bits per heavy atom. The van der Waals surface area contributed by atoms with E-state index in [0.717, 1.165) is 11.1 Å². The molecule has 0 aliphatic rings. The number of amides is 3. The minimum atomic E-state index is -0.910. The van der Waals surface area contributed by atoms with Crippen molar-refractivity contribution in [3.63, 3.8) is 0 Å². The number of aryl methyl sites for hydroxylation is 1. The number of hydrogen-bond donors (Lipinski definition) is 2.